The summed E-state index contributed by atoms with van der Waals surface area (Å²) < 4.78 is 38.3. The van der Waals surface area contributed by atoms with Crippen LogP contribution in [0.2, 0.25) is 0 Å². The van der Waals surface area contributed by atoms with Gasteiger partial charge in [-0.15, -0.1) is 0 Å². The van der Waals surface area contributed by atoms with E-state index in [4.69, 9.17) is 9.47 Å². The van der Waals surface area contributed by atoms with Crippen LogP contribution in [0.4, 0.5) is 0 Å². The van der Waals surface area contributed by atoms with Crippen LogP contribution in [0.15, 0.2) is 29.2 Å². The van der Waals surface area contributed by atoms with Crippen LogP contribution in [0.5, 0.6) is 5.75 Å². The second-order valence-electron chi connectivity index (χ2n) is 7.04. The number of carbonyl (C=O) groups excluding carboxylic acids is 1. The summed E-state index contributed by atoms with van der Waals surface area (Å²) in [6.07, 6.45) is 1.22. The van der Waals surface area contributed by atoms with Gasteiger partial charge in [0.2, 0.25) is 15.9 Å². The van der Waals surface area contributed by atoms with E-state index in [1.54, 1.807) is 12.1 Å². The molecule has 1 unspecified atom stereocenters. The van der Waals surface area contributed by atoms with E-state index >= 15 is 0 Å². The first kappa shape index (κ1) is 23.4. The highest BCUT2D eigenvalue weighted by Gasteiger charge is 2.26. The van der Waals surface area contributed by atoms with Crippen molar-refractivity contribution < 1.29 is 22.7 Å². The molecule has 2 N–H and O–H groups in total. The summed E-state index contributed by atoms with van der Waals surface area (Å²) in [6.45, 7) is 8.77. The van der Waals surface area contributed by atoms with Crippen molar-refractivity contribution in [3.63, 3.8) is 0 Å². The first-order valence-electron chi connectivity index (χ1n) is 9.21. The van der Waals surface area contributed by atoms with E-state index in [1.807, 2.05) is 27.7 Å². The lowest BCUT2D eigenvalue weighted by Gasteiger charge is -2.20. The van der Waals surface area contributed by atoms with Crippen LogP contribution in [0.25, 0.3) is 0 Å². The Labute approximate surface area is 162 Å². The van der Waals surface area contributed by atoms with Crippen molar-refractivity contribution in [3.8, 4) is 5.75 Å². The number of nitrogens with one attached hydrogen (secondary N) is 2. The molecule has 7 nitrogen and oxygen atoms in total. The number of sulfonamides is 1. The minimum Gasteiger partial charge on any atom is -0.497 e. The van der Waals surface area contributed by atoms with E-state index in [1.165, 1.54) is 19.2 Å². The van der Waals surface area contributed by atoms with E-state index in [0.29, 0.717) is 31.7 Å². The van der Waals surface area contributed by atoms with Crippen LogP contribution >= 0.6 is 0 Å². The maximum atomic E-state index is 12.6. The maximum Gasteiger partial charge on any atom is 0.241 e. The number of benzene rings is 1. The molecule has 0 aromatic heterocycles. The van der Waals surface area contributed by atoms with Crippen LogP contribution in [0.1, 0.15) is 40.5 Å². The maximum absolute atomic E-state index is 12.6. The van der Waals surface area contributed by atoms with Crippen molar-refractivity contribution in [2.75, 3.05) is 20.3 Å². The van der Waals surface area contributed by atoms with Gasteiger partial charge >= 0.3 is 0 Å². The van der Waals surface area contributed by atoms with Crippen molar-refractivity contribution in [3.05, 3.63) is 24.3 Å². The molecule has 0 aliphatic carbocycles. The Kier molecular flexibility index (Phi) is 9.76. The van der Waals surface area contributed by atoms with E-state index < -0.39 is 16.1 Å². The van der Waals surface area contributed by atoms with Gasteiger partial charge in [0.05, 0.1) is 18.1 Å². The smallest absolute Gasteiger partial charge is 0.241 e. The molecule has 0 spiro atoms. The van der Waals surface area contributed by atoms with Crippen LogP contribution in [0, 0.1) is 5.92 Å². The van der Waals surface area contributed by atoms with Gasteiger partial charge in [-0.25, -0.2) is 8.42 Å². The molecule has 0 saturated carbocycles. The molecule has 1 atom stereocenters. The van der Waals surface area contributed by atoms with E-state index in [9.17, 15) is 13.2 Å². The molecule has 1 aromatic carbocycles. The molecule has 27 heavy (non-hydrogen) atoms. The number of carbonyl (C=O) groups is 1. The van der Waals surface area contributed by atoms with Crippen LogP contribution in [0.3, 0.4) is 0 Å². The molecule has 154 valence electrons. The van der Waals surface area contributed by atoms with Crippen molar-refractivity contribution in [1.29, 1.82) is 0 Å². The summed E-state index contributed by atoms with van der Waals surface area (Å²) >= 11 is 0. The highest BCUT2D eigenvalue weighted by molar-refractivity contribution is 7.89. The lowest BCUT2D eigenvalue weighted by Crippen LogP contribution is -2.47. The summed E-state index contributed by atoms with van der Waals surface area (Å²) in [4.78, 5) is 12.6. The first-order valence-corrected chi connectivity index (χ1v) is 10.7. The van der Waals surface area contributed by atoms with Crippen molar-refractivity contribution in [2.24, 2.45) is 5.92 Å². The van der Waals surface area contributed by atoms with E-state index in [-0.39, 0.29) is 22.8 Å². The SMILES string of the molecule is COc1ccc(S(=O)(=O)NC(CC(C)C)C(=O)NCCCOC(C)C)cc1. The number of amides is 1. The van der Waals surface area contributed by atoms with Gasteiger partial charge in [-0.05, 0) is 56.9 Å². The molecule has 8 heteroatoms. The normalized spacial score (nSPS) is 13.0. The van der Waals surface area contributed by atoms with Crippen molar-refractivity contribution in [2.45, 2.75) is 57.6 Å². The summed E-state index contributed by atoms with van der Waals surface area (Å²) in [5.41, 5.74) is 0. The summed E-state index contributed by atoms with van der Waals surface area (Å²) in [6, 6.07) is 5.22. The van der Waals surface area contributed by atoms with Crippen LogP contribution in [-0.4, -0.2) is 46.7 Å². The topological polar surface area (TPSA) is 93.7 Å². The first-order chi connectivity index (χ1) is 12.7. The second-order valence-corrected chi connectivity index (χ2v) is 8.76. The number of hydrogen-bond acceptors (Lipinski definition) is 5. The number of hydrogen-bond donors (Lipinski definition) is 2. The molecule has 0 bridgehead atoms. The molecular formula is C19H32N2O5S. The third-order valence-electron chi connectivity index (χ3n) is 3.76. The monoisotopic (exact) mass is 400 g/mol. The van der Waals surface area contributed by atoms with Gasteiger partial charge in [-0.2, -0.15) is 4.72 Å². The molecule has 0 radical (unpaired) electrons. The lowest BCUT2D eigenvalue weighted by atomic mass is 10.0. The highest BCUT2D eigenvalue weighted by atomic mass is 32.2. The van der Waals surface area contributed by atoms with Crippen LogP contribution < -0.4 is 14.8 Å². The Bertz CT molecular complexity index is 672. The summed E-state index contributed by atoms with van der Waals surface area (Å²) in [7, 11) is -2.30. The average molecular weight is 401 g/mol. The Morgan fingerprint density at radius 1 is 1.11 bits per heavy atom. The Morgan fingerprint density at radius 2 is 1.74 bits per heavy atom. The Balaban J connectivity index is 2.72. The molecule has 0 aliphatic rings. The predicted octanol–water partition coefficient (Wildman–Crippen LogP) is 2.32. The van der Waals surface area contributed by atoms with E-state index in [0.717, 1.165) is 0 Å². The number of methoxy groups -OCH3 is 1. The van der Waals surface area contributed by atoms with Crippen molar-refractivity contribution >= 4 is 15.9 Å². The van der Waals surface area contributed by atoms with Gasteiger partial charge in [-0.1, -0.05) is 13.8 Å². The molecule has 1 amide bonds. The minimum absolute atomic E-state index is 0.0928. The number of ether oxygens (including phenoxy) is 2. The van der Waals surface area contributed by atoms with Gasteiger partial charge in [0.25, 0.3) is 0 Å². The third kappa shape index (κ3) is 8.73. The fourth-order valence-corrected chi connectivity index (χ4v) is 3.62. The Morgan fingerprint density at radius 3 is 2.26 bits per heavy atom. The summed E-state index contributed by atoms with van der Waals surface area (Å²) in [5, 5.41) is 2.79. The van der Waals surface area contributed by atoms with Crippen LogP contribution in [-0.2, 0) is 19.6 Å². The molecule has 1 aromatic rings. The largest absolute Gasteiger partial charge is 0.497 e. The van der Waals surface area contributed by atoms with Gasteiger partial charge < -0.3 is 14.8 Å². The van der Waals surface area contributed by atoms with Gasteiger partial charge in [0.1, 0.15) is 11.8 Å². The molecule has 0 fully saturated rings. The zero-order valence-electron chi connectivity index (χ0n) is 16.8. The fourth-order valence-electron chi connectivity index (χ4n) is 2.42. The van der Waals surface area contributed by atoms with Gasteiger partial charge in [0, 0.05) is 13.2 Å². The predicted molar refractivity (Wildman–Crippen MR) is 105 cm³/mol. The zero-order chi connectivity index (χ0) is 20.4. The zero-order valence-corrected chi connectivity index (χ0v) is 17.6. The quantitative estimate of drug-likeness (QED) is 0.525. The Hall–Kier alpha value is -1.64. The third-order valence-corrected chi connectivity index (χ3v) is 5.25. The second kappa shape index (κ2) is 11.3. The standard InChI is InChI=1S/C19H32N2O5S/c1-14(2)13-18(19(22)20-11-6-12-26-15(3)4)21-27(23,24)17-9-7-16(25-5)8-10-17/h7-10,14-15,18,21H,6,11-13H2,1-5H3,(H,20,22). The average Bonchev–Trinajstić information content (AvgIpc) is 2.60. The molecule has 0 heterocycles. The molecular weight excluding hydrogens is 368 g/mol. The van der Waals surface area contributed by atoms with E-state index in [2.05, 4.69) is 10.0 Å². The fraction of sp³-hybridized carbons (Fsp3) is 0.632. The highest BCUT2D eigenvalue weighted by Crippen LogP contribution is 2.17. The molecule has 1 rings (SSSR count). The molecule has 0 aliphatic heterocycles. The molecule has 0 saturated heterocycles. The lowest BCUT2D eigenvalue weighted by molar-refractivity contribution is -0.123. The number of rotatable bonds is 12. The minimum atomic E-state index is -3.81. The summed E-state index contributed by atoms with van der Waals surface area (Å²) in [5.74, 6) is 0.392. The van der Waals surface area contributed by atoms with Gasteiger partial charge in [-0.3, -0.25) is 4.79 Å². The van der Waals surface area contributed by atoms with Gasteiger partial charge in [0.15, 0.2) is 0 Å². The van der Waals surface area contributed by atoms with Crippen molar-refractivity contribution in [1.82, 2.24) is 10.0 Å².